The Morgan fingerprint density at radius 3 is 2.89 bits per heavy atom. The normalized spacial score (nSPS) is 13.2. The van der Waals surface area contributed by atoms with Gasteiger partial charge in [-0.2, -0.15) is 9.78 Å². The Labute approximate surface area is 159 Å². The van der Waals surface area contributed by atoms with Gasteiger partial charge in [0.15, 0.2) is 17.2 Å². The van der Waals surface area contributed by atoms with Crippen LogP contribution in [0.2, 0.25) is 0 Å². The van der Waals surface area contributed by atoms with Crippen molar-refractivity contribution in [1.29, 1.82) is 5.26 Å². The zero-order valence-electron chi connectivity index (χ0n) is 14.8. The number of nitrogens with zero attached hydrogens (tertiary/aromatic N) is 5. The second kappa shape index (κ2) is 6.70. The molecule has 1 saturated carbocycles. The van der Waals surface area contributed by atoms with Gasteiger partial charge < -0.3 is 15.7 Å². The molecule has 2 heterocycles. The van der Waals surface area contributed by atoms with Crippen LogP contribution in [0.5, 0.6) is 0 Å². The lowest BCUT2D eigenvalue weighted by atomic mass is 10.2. The van der Waals surface area contributed by atoms with Crippen LogP contribution in [0.25, 0.3) is 5.65 Å². The van der Waals surface area contributed by atoms with Crippen LogP contribution in [0, 0.1) is 17.1 Å². The average molecular weight is 381 g/mol. The fourth-order valence-corrected chi connectivity index (χ4v) is 2.76. The molecule has 3 N–H and O–H groups in total. The first-order valence-electron chi connectivity index (χ1n) is 8.55. The molecule has 1 amide bonds. The lowest BCUT2D eigenvalue weighted by Crippen LogP contribution is -2.24. The zero-order valence-corrected chi connectivity index (χ0v) is 14.8. The standard InChI is InChI=1S/C18H16FN7O2/c1-25(18(27)28)15-6-11(4-5-13(15)19)23-16-7-14(22-10-2-3-10)17-21-9-12(8-20)26(17)24-16/h4-7,9-10,22H,2-3H2,1H3,(H,23,24)(H,27,28). The fraction of sp³-hybridized carbons (Fsp3) is 0.222. The van der Waals surface area contributed by atoms with Crippen LogP contribution in [0.15, 0.2) is 30.5 Å². The first-order chi connectivity index (χ1) is 13.5. The lowest BCUT2D eigenvalue weighted by Gasteiger charge is -2.16. The molecule has 1 aromatic carbocycles. The van der Waals surface area contributed by atoms with Crippen molar-refractivity contribution in [2.45, 2.75) is 18.9 Å². The van der Waals surface area contributed by atoms with Gasteiger partial charge in [0.05, 0.1) is 17.6 Å². The van der Waals surface area contributed by atoms with Crippen LogP contribution in [-0.2, 0) is 0 Å². The third-order valence-electron chi connectivity index (χ3n) is 4.39. The number of fused-ring (bicyclic) bond motifs is 1. The number of carboxylic acid groups (broad SMARTS) is 1. The number of anilines is 4. The van der Waals surface area contributed by atoms with Crippen molar-refractivity contribution in [3.63, 3.8) is 0 Å². The highest BCUT2D eigenvalue weighted by Gasteiger charge is 2.23. The van der Waals surface area contributed by atoms with Gasteiger partial charge >= 0.3 is 6.09 Å². The van der Waals surface area contributed by atoms with E-state index in [4.69, 9.17) is 5.11 Å². The van der Waals surface area contributed by atoms with E-state index in [0.29, 0.717) is 23.2 Å². The quantitative estimate of drug-likeness (QED) is 0.621. The Balaban J connectivity index is 1.72. The molecule has 0 spiro atoms. The number of carbonyl (C=O) groups is 1. The van der Waals surface area contributed by atoms with Gasteiger partial charge in [0, 0.05) is 24.8 Å². The van der Waals surface area contributed by atoms with Crippen LogP contribution in [-0.4, -0.2) is 38.9 Å². The molecule has 9 nitrogen and oxygen atoms in total. The third-order valence-corrected chi connectivity index (χ3v) is 4.39. The molecule has 0 radical (unpaired) electrons. The van der Waals surface area contributed by atoms with Gasteiger partial charge in [-0.3, -0.25) is 4.90 Å². The van der Waals surface area contributed by atoms with Crippen LogP contribution in [0.3, 0.4) is 0 Å². The van der Waals surface area contributed by atoms with Crippen molar-refractivity contribution in [2.24, 2.45) is 0 Å². The largest absolute Gasteiger partial charge is 0.465 e. The van der Waals surface area contributed by atoms with Crippen LogP contribution in [0.4, 0.5) is 32.1 Å². The Hall–Kier alpha value is -3.87. The van der Waals surface area contributed by atoms with Crippen molar-refractivity contribution in [3.05, 3.63) is 42.0 Å². The van der Waals surface area contributed by atoms with Gasteiger partial charge in [0.2, 0.25) is 0 Å². The van der Waals surface area contributed by atoms with Crippen molar-refractivity contribution >= 4 is 34.6 Å². The molecule has 3 aromatic rings. The van der Waals surface area contributed by atoms with Crippen LogP contribution >= 0.6 is 0 Å². The molecule has 28 heavy (non-hydrogen) atoms. The van der Waals surface area contributed by atoms with E-state index in [9.17, 15) is 14.4 Å². The van der Waals surface area contributed by atoms with Crippen molar-refractivity contribution in [3.8, 4) is 6.07 Å². The molecular formula is C18H16FN7O2. The highest BCUT2D eigenvalue weighted by Crippen LogP contribution is 2.30. The smallest absolute Gasteiger partial charge is 0.411 e. The summed E-state index contributed by atoms with van der Waals surface area (Å²) in [6.07, 6.45) is 2.29. The SMILES string of the molecule is CN(C(=O)O)c1cc(Nc2cc(NC3CC3)c3ncc(C#N)n3n2)ccc1F. The number of rotatable bonds is 5. The van der Waals surface area contributed by atoms with Gasteiger partial charge in [-0.1, -0.05) is 0 Å². The maximum Gasteiger partial charge on any atom is 0.411 e. The van der Waals surface area contributed by atoms with Crippen LogP contribution in [0.1, 0.15) is 18.5 Å². The van der Waals surface area contributed by atoms with Crippen molar-refractivity contribution < 1.29 is 14.3 Å². The van der Waals surface area contributed by atoms with E-state index in [2.05, 4.69) is 20.7 Å². The minimum absolute atomic E-state index is 0.0877. The highest BCUT2D eigenvalue weighted by atomic mass is 19.1. The van der Waals surface area contributed by atoms with Gasteiger partial charge in [-0.05, 0) is 31.0 Å². The maximum absolute atomic E-state index is 14.0. The van der Waals surface area contributed by atoms with Gasteiger partial charge in [0.25, 0.3) is 0 Å². The summed E-state index contributed by atoms with van der Waals surface area (Å²) in [7, 11) is 1.26. The molecule has 10 heteroatoms. The van der Waals surface area contributed by atoms with Crippen molar-refractivity contribution in [1.82, 2.24) is 14.6 Å². The first-order valence-corrected chi connectivity index (χ1v) is 8.55. The number of hydrogen-bond donors (Lipinski definition) is 3. The topological polar surface area (TPSA) is 119 Å². The van der Waals surface area contributed by atoms with E-state index in [1.807, 2.05) is 6.07 Å². The van der Waals surface area contributed by atoms with Crippen molar-refractivity contribution in [2.75, 3.05) is 22.6 Å². The molecule has 142 valence electrons. The minimum Gasteiger partial charge on any atom is -0.465 e. The number of imidazole rings is 1. The molecule has 1 aliphatic rings. The number of benzene rings is 1. The number of nitrogens with one attached hydrogen (secondary N) is 2. The molecule has 4 rings (SSSR count). The maximum atomic E-state index is 14.0. The van der Waals surface area contributed by atoms with E-state index < -0.39 is 11.9 Å². The lowest BCUT2D eigenvalue weighted by molar-refractivity contribution is 0.203. The summed E-state index contributed by atoms with van der Waals surface area (Å²) in [6.45, 7) is 0. The van der Waals surface area contributed by atoms with E-state index in [-0.39, 0.29) is 11.4 Å². The first kappa shape index (κ1) is 17.5. The summed E-state index contributed by atoms with van der Waals surface area (Å²) in [4.78, 5) is 16.2. The predicted octanol–water partition coefficient (Wildman–Crippen LogP) is 3.17. The molecule has 1 fully saturated rings. The Bertz CT molecular complexity index is 1120. The molecule has 0 saturated heterocycles. The summed E-state index contributed by atoms with van der Waals surface area (Å²) >= 11 is 0. The summed E-state index contributed by atoms with van der Waals surface area (Å²) in [6, 6.07) is 8.20. The Morgan fingerprint density at radius 1 is 1.43 bits per heavy atom. The second-order valence-electron chi connectivity index (χ2n) is 6.49. The van der Waals surface area contributed by atoms with Gasteiger partial charge in [0.1, 0.15) is 11.9 Å². The average Bonchev–Trinajstić information content (AvgIpc) is 3.39. The molecule has 0 unspecified atom stereocenters. The van der Waals surface area contributed by atoms with Gasteiger partial charge in [-0.25, -0.2) is 14.2 Å². The minimum atomic E-state index is -1.27. The summed E-state index contributed by atoms with van der Waals surface area (Å²) in [5.74, 6) is -0.253. The molecular weight excluding hydrogens is 365 g/mol. The number of amides is 1. The molecule has 1 aliphatic carbocycles. The Kier molecular flexibility index (Phi) is 4.19. The van der Waals surface area contributed by atoms with Crippen LogP contribution < -0.4 is 15.5 Å². The molecule has 2 aromatic heterocycles. The number of nitriles is 1. The number of aromatic nitrogens is 3. The predicted molar refractivity (Wildman–Crippen MR) is 100 cm³/mol. The fourth-order valence-electron chi connectivity index (χ4n) is 2.76. The molecule has 0 atom stereocenters. The van der Waals surface area contributed by atoms with E-state index in [0.717, 1.165) is 23.4 Å². The molecule has 0 bridgehead atoms. The number of halogens is 1. The third kappa shape index (κ3) is 3.25. The summed E-state index contributed by atoms with van der Waals surface area (Å²) in [5.41, 5.74) is 1.91. The van der Waals surface area contributed by atoms with E-state index >= 15 is 0 Å². The highest BCUT2D eigenvalue weighted by molar-refractivity contribution is 5.86. The van der Waals surface area contributed by atoms with Gasteiger partial charge in [-0.15, -0.1) is 5.10 Å². The van der Waals surface area contributed by atoms with E-state index in [1.165, 1.54) is 36.0 Å². The van der Waals surface area contributed by atoms with E-state index in [1.54, 1.807) is 6.07 Å². The summed E-state index contributed by atoms with van der Waals surface area (Å²) in [5, 5.41) is 29.1. The zero-order chi connectivity index (χ0) is 19.8. The number of hydrogen-bond acceptors (Lipinski definition) is 6. The monoisotopic (exact) mass is 381 g/mol. The second-order valence-corrected chi connectivity index (χ2v) is 6.49. The summed E-state index contributed by atoms with van der Waals surface area (Å²) < 4.78 is 15.4. The molecule has 0 aliphatic heterocycles. The Morgan fingerprint density at radius 2 is 2.21 bits per heavy atom.